The first-order valence-electron chi connectivity index (χ1n) is 5.48. The molecule has 1 heterocycles. The third-order valence-corrected chi connectivity index (χ3v) is 2.84. The number of aryl methyl sites for hydroxylation is 2. The fraction of sp³-hybridized carbons (Fsp3) is 0.727. The molecule has 0 aromatic carbocycles. The molecule has 0 aliphatic rings. The van der Waals surface area contributed by atoms with Crippen LogP contribution in [0.15, 0.2) is 12.4 Å². The molecule has 0 saturated heterocycles. The molecule has 1 aromatic rings. The second kappa shape index (κ2) is 5.28. The van der Waals surface area contributed by atoms with E-state index in [1.165, 1.54) is 5.56 Å². The Kier molecular flexibility index (Phi) is 4.29. The molecule has 15 heavy (non-hydrogen) atoms. The van der Waals surface area contributed by atoms with Crippen molar-refractivity contribution in [1.82, 2.24) is 9.78 Å². The summed E-state index contributed by atoms with van der Waals surface area (Å²) in [7, 11) is 0. The second-order valence-electron chi connectivity index (χ2n) is 4.26. The molecule has 86 valence electrons. The number of rotatable bonds is 6. The van der Waals surface area contributed by atoms with Crippen LogP contribution in [0.2, 0.25) is 0 Å². The fourth-order valence-corrected chi connectivity index (χ4v) is 1.55. The van der Waals surface area contributed by atoms with Gasteiger partial charge >= 0.3 is 0 Å². The molecular weight excluding hydrogens is 190 g/mol. The van der Waals surface area contributed by atoms with Gasteiger partial charge in [-0.15, -0.1) is 0 Å². The maximum atomic E-state index is 9.14. The van der Waals surface area contributed by atoms with Crippen LogP contribution in [-0.4, -0.2) is 27.0 Å². The maximum Gasteiger partial charge on any atom is 0.0611 e. The first-order chi connectivity index (χ1) is 7.09. The summed E-state index contributed by atoms with van der Waals surface area (Å²) in [6, 6.07) is 0. The molecule has 0 spiro atoms. The molecule has 0 radical (unpaired) electrons. The van der Waals surface area contributed by atoms with Crippen LogP contribution < -0.4 is 5.73 Å². The van der Waals surface area contributed by atoms with E-state index in [4.69, 9.17) is 10.8 Å². The molecule has 4 nitrogen and oxygen atoms in total. The number of aliphatic hydroxyl groups is 1. The third-order valence-electron chi connectivity index (χ3n) is 2.84. The van der Waals surface area contributed by atoms with E-state index < -0.39 is 5.54 Å². The molecule has 0 aliphatic carbocycles. The summed E-state index contributed by atoms with van der Waals surface area (Å²) < 4.78 is 1.92. The molecule has 0 saturated carbocycles. The number of nitrogens with two attached hydrogens (primary N) is 1. The van der Waals surface area contributed by atoms with E-state index in [1.54, 1.807) is 0 Å². The summed E-state index contributed by atoms with van der Waals surface area (Å²) in [6.07, 6.45) is 6.46. The highest BCUT2D eigenvalue weighted by molar-refractivity contribution is 4.99. The highest BCUT2D eigenvalue weighted by atomic mass is 16.3. The molecule has 3 N–H and O–H groups in total. The Balaban J connectivity index is 2.32. The minimum absolute atomic E-state index is 0.0572. The predicted octanol–water partition coefficient (Wildman–Crippen LogP) is 1.07. The van der Waals surface area contributed by atoms with Gasteiger partial charge in [0.2, 0.25) is 0 Å². The number of nitrogens with zero attached hydrogens (tertiary/aromatic N) is 2. The lowest BCUT2D eigenvalue weighted by atomic mass is 9.93. The molecule has 1 rings (SSSR count). The van der Waals surface area contributed by atoms with Crippen molar-refractivity contribution in [2.24, 2.45) is 5.73 Å². The summed E-state index contributed by atoms with van der Waals surface area (Å²) in [4.78, 5) is 0. The van der Waals surface area contributed by atoms with Crippen LogP contribution in [0.3, 0.4) is 0 Å². The van der Waals surface area contributed by atoms with Gasteiger partial charge in [0, 0.05) is 18.3 Å². The van der Waals surface area contributed by atoms with E-state index in [0.717, 1.165) is 25.8 Å². The average Bonchev–Trinajstić information content (AvgIpc) is 2.64. The van der Waals surface area contributed by atoms with Gasteiger partial charge in [-0.25, -0.2) is 0 Å². The van der Waals surface area contributed by atoms with Crippen LogP contribution in [0, 0.1) is 6.92 Å². The van der Waals surface area contributed by atoms with Crippen molar-refractivity contribution in [3.05, 3.63) is 18.0 Å². The van der Waals surface area contributed by atoms with Gasteiger partial charge in [0.25, 0.3) is 0 Å². The molecule has 0 amide bonds. The highest BCUT2D eigenvalue weighted by Gasteiger charge is 2.20. The second-order valence-corrected chi connectivity index (χ2v) is 4.26. The Morgan fingerprint density at radius 2 is 2.33 bits per heavy atom. The molecule has 1 aromatic heterocycles. The van der Waals surface area contributed by atoms with Crippen LogP contribution in [0.1, 0.15) is 31.7 Å². The van der Waals surface area contributed by atoms with E-state index in [2.05, 4.69) is 5.10 Å². The van der Waals surface area contributed by atoms with Crippen molar-refractivity contribution in [1.29, 1.82) is 0 Å². The van der Waals surface area contributed by atoms with Gasteiger partial charge in [0.1, 0.15) is 0 Å². The first kappa shape index (κ1) is 12.2. The number of aromatic nitrogens is 2. The third kappa shape index (κ3) is 3.64. The van der Waals surface area contributed by atoms with E-state index in [0.29, 0.717) is 0 Å². The Morgan fingerprint density at radius 3 is 2.80 bits per heavy atom. The first-order valence-corrected chi connectivity index (χ1v) is 5.48. The van der Waals surface area contributed by atoms with Crippen molar-refractivity contribution in [2.75, 3.05) is 6.61 Å². The van der Waals surface area contributed by atoms with Crippen molar-refractivity contribution in [3.63, 3.8) is 0 Å². The van der Waals surface area contributed by atoms with Crippen LogP contribution in [0.5, 0.6) is 0 Å². The molecule has 1 atom stereocenters. The van der Waals surface area contributed by atoms with E-state index in [9.17, 15) is 0 Å². The maximum absolute atomic E-state index is 9.14. The van der Waals surface area contributed by atoms with Gasteiger partial charge in [-0.2, -0.15) is 5.10 Å². The van der Waals surface area contributed by atoms with E-state index in [-0.39, 0.29) is 6.61 Å². The lowest BCUT2D eigenvalue weighted by Gasteiger charge is -2.25. The van der Waals surface area contributed by atoms with Gasteiger partial charge in [-0.3, -0.25) is 4.68 Å². The lowest BCUT2D eigenvalue weighted by molar-refractivity contribution is 0.178. The molecule has 0 fully saturated rings. The fourth-order valence-electron chi connectivity index (χ4n) is 1.55. The Morgan fingerprint density at radius 1 is 1.60 bits per heavy atom. The SMILES string of the molecule is CCC(N)(CO)CCCn1cc(C)cn1. The molecular formula is C11H21N3O. The van der Waals surface area contributed by atoms with Gasteiger partial charge < -0.3 is 10.8 Å². The number of hydrogen-bond donors (Lipinski definition) is 2. The van der Waals surface area contributed by atoms with Crippen LogP contribution in [-0.2, 0) is 6.54 Å². The standard InChI is InChI=1S/C11H21N3O/c1-3-11(12,9-15)5-4-6-14-8-10(2)7-13-14/h7-8,15H,3-6,9,12H2,1-2H3. The van der Waals surface area contributed by atoms with Crippen molar-refractivity contribution < 1.29 is 5.11 Å². The van der Waals surface area contributed by atoms with Crippen molar-refractivity contribution >= 4 is 0 Å². The Labute approximate surface area is 91.1 Å². The minimum atomic E-state index is -0.414. The van der Waals surface area contributed by atoms with Gasteiger partial charge in [-0.1, -0.05) is 6.92 Å². The number of aliphatic hydroxyl groups excluding tert-OH is 1. The minimum Gasteiger partial charge on any atom is -0.394 e. The quantitative estimate of drug-likeness (QED) is 0.740. The zero-order valence-corrected chi connectivity index (χ0v) is 9.61. The van der Waals surface area contributed by atoms with Gasteiger partial charge in [0.15, 0.2) is 0 Å². The lowest BCUT2D eigenvalue weighted by Crippen LogP contribution is -2.43. The molecule has 4 heteroatoms. The Hall–Kier alpha value is -0.870. The van der Waals surface area contributed by atoms with Crippen LogP contribution in [0.25, 0.3) is 0 Å². The highest BCUT2D eigenvalue weighted by Crippen LogP contribution is 2.13. The smallest absolute Gasteiger partial charge is 0.0611 e. The molecule has 0 aliphatic heterocycles. The summed E-state index contributed by atoms with van der Waals surface area (Å²) >= 11 is 0. The van der Waals surface area contributed by atoms with Crippen molar-refractivity contribution in [3.8, 4) is 0 Å². The van der Waals surface area contributed by atoms with E-state index in [1.807, 2.05) is 30.9 Å². The zero-order chi connectivity index (χ0) is 11.3. The van der Waals surface area contributed by atoms with E-state index >= 15 is 0 Å². The predicted molar refractivity (Wildman–Crippen MR) is 60.5 cm³/mol. The molecule has 1 unspecified atom stereocenters. The summed E-state index contributed by atoms with van der Waals surface area (Å²) in [5.74, 6) is 0. The summed E-state index contributed by atoms with van der Waals surface area (Å²) in [5, 5.41) is 13.3. The Bertz CT molecular complexity index is 292. The summed E-state index contributed by atoms with van der Waals surface area (Å²) in [6.45, 7) is 4.96. The average molecular weight is 211 g/mol. The van der Waals surface area contributed by atoms with Crippen molar-refractivity contribution in [2.45, 2.75) is 45.2 Å². The van der Waals surface area contributed by atoms with Crippen LogP contribution in [0.4, 0.5) is 0 Å². The summed E-state index contributed by atoms with van der Waals surface area (Å²) in [5.41, 5.74) is 6.74. The monoisotopic (exact) mass is 211 g/mol. The zero-order valence-electron chi connectivity index (χ0n) is 9.61. The number of hydrogen-bond acceptors (Lipinski definition) is 3. The van der Waals surface area contributed by atoms with Crippen LogP contribution >= 0.6 is 0 Å². The van der Waals surface area contributed by atoms with Gasteiger partial charge in [0.05, 0.1) is 12.8 Å². The largest absolute Gasteiger partial charge is 0.394 e. The normalized spacial score (nSPS) is 15.2. The molecule has 0 bridgehead atoms. The van der Waals surface area contributed by atoms with Gasteiger partial charge in [-0.05, 0) is 31.7 Å². The topological polar surface area (TPSA) is 64.1 Å².